The van der Waals surface area contributed by atoms with E-state index in [0.29, 0.717) is 0 Å². The summed E-state index contributed by atoms with van der Waals surface area (Å²) in [5.74, 6) is -0.433. The number of carbonyl (C=O) groups is 1. The number of benzene rings is 1. The summed E-state index contributed by atoms with van der Waals surface area (Å²) in [5, 5.41) is 4.44. The van der Waals surface area contributed by atoms with Crippen LogP contribution in [-0.2, 0) is 17.4 Å². The predicted molar refractivity (Wildman–Crippen MR) is 88.1 cm³/mol. The SMILES string of the molecule is C[C@H]1c2ccsc2CCN1CC(=O)Nc1ccccc1C(F)(F)F. The van der Waals surface area contributed by atoms with E-state index in [1.807, 2.05) is 23.3 Å². The molecule has 128 valence electrons. The Hall–Kier alpha value is -1.86. The predicted octanol–water partition coefficient (Wildman–Crippen LogP) is 4.32. The van der Waals surface area contributed by atoms with Crippen LogP contribution in [0.2, 0.25) is 0 Å². The first kappa shape index (κ1) is 17.0. The summed E-state index contributed by atoms with van der Waals surface area (Å²) >= 11 is 1.71. The maximum atomic E-state index is 13.0. The number of anilines is 1. The fraction of sp³-hybridized carbons (Fsp3) is 0.353. The molecule has 0 aliphatic carbocycles. The number of carbonyl (C=O) groups excluding carboxylic acids is 1. The number of amides is 1. The van der Waals surface area contributed by atoms with Crippen molar-refractivity contribution in [3.63, 3.8) is 0 Å². The Morgan fingerprint density at radius 2 is 2.08 bits per heavy atom. The van der Waals surface area contributed by atoms with Crippen molar-refractivity contribution >= 4 is 22.9 Å². The van der Waals surface area contributed by atoms with E-state index in [2.05, 4.69) is 5.32 Å². The molecule has 0 unspecified atom stereocenters. The number of hydrogen-bond acceptors (Lipinski definition) is 3. The summed E-state index contributed by atoms with van der Waals surface area (Å²) in [5.41, 5.74) is 0.177. The van der Waals surface area contributed by atoms with Gasteiger partial charge >= 0.3 is 6.18 Å². The molecule has 2 aromatic rings. The lowest BCUT2D eigenvalue weighted by Gasteiger charge is -2.33. The number of alkyl halides is 3. The van der Waals surface area contributed by atoms with Crippen molar-refractivity contribution in [3.05, 3.63) is 51.7 Å². The lowest BCUT2D eigenvalue weighted by Crippen LogP contribution is -2.39. The Balaban J connectivity index is 1.69. The van der Waals surface area contributed by atoms with Crippen LogP contribution in [0.3, 0.4) is 0 Å². The van der Waals surface area contributed by atoms with E-state index in [1.54, 1.807) is 11.3 Å². The molecule has 1 aliphatic rings. The maximum Gasteiger partial charge on any atom is 0.418 e. The molecule has 1 aromatic carbocycles. The molecule has 3 nitrogen and oxygen atoms in total. The zero-order valence-corrected chi connectivity index (χ0v) is 13.9. The number of halogens is 3. The number of hydrogen-bond donors (Lipinski definition) is 1. The fourth-order valence-electron chi connectivity index (χ4n) is 2.99. The van der Waals surface area contributed by atoms with Crippen LogP contribution in [0.1, 0.15) is 29.0 Å². The minimum absolute atomic E-state index is 0.0721. The Morgan fingerprint density at radius 1 is 1.33 bits per heavy atom. The van der Waals surface area contributed by atoms with E-state index < -0.39 is 17.6 Å². The first-order valence-corrected chi connectivity index (χ1v) is 8.50. The fourth-order valence-corrected chi connectivity index (χ4v) is 3.95. The van der Waals surface area contributed by atoms with E-state index in [0.717, 1.165) is 19.0 Å². The Labute approximate surface area is 142 Å². The van der Waals surface area contributed by atoms with Crippen LogP contribution in [-0.4, -0.2) is 23.9 Å². The van der Waals surface area contributed by atoms with Crippen molar-refractivity contribution in [2.24, 2.45) is 0 Å². The average Bonchev–Trinajstić information content (AvgIpc) is 2.99. The van der Waals surface area contributed by atoms with Crippen molar-refractivity contribution in [1.29, 1.82) is 0 Å². The highest BCUT2D eigenvalue weighted by molar-refractivity contribution is 7.10. The molecule has 1 amide bonds. The summed E-state index contributed by atoms with van der Waals surface area (Å²) in [7, 11) is 0. The summed E-state index contributed by atoms with van der Waals surface area (Å²) in [6.45, 7) is 2.81. The van der Waals surface area contributed by atoms with Gasteiger partial charge in [-0.3, -0.25) is 9.69 Å². The molecule has 0 spiro atoms. The van der Waals surface area contributed by atoms with Crippen molar-refractivity contribution in [3.8, 4) is 0 Å². The molecule has 0 saturated carbocycles. The average molecular weight is 354 g/mol. The van der Waals surface area contributed by atoms with E-state index in [1.165, 1.54) is 28.6 Å². The van der Waals surface area contributed by atoms with Gasteiger partial charge in [-0.15, -0.1) is 11.3 Å². The van der Waals surface area contributed by atoms with Gasteiger partial charge in [-0.2, -0.15) is 13.2 Å². The molecule has 0 radical (unpaired) electrons. The third-order valence-electron chi connectivity index (χ3n) is 4.26. The molecule has 0 bridgehead atoms. The van der Waals surface area contributed by atoms with E-state index >= 15 is 0 Å². The molecule has 1 N–H and O–H groups in total. The Kier molecular flexibility index (Phi) is 4.64. The van der Waals surface area contributed by atoms with Crippen molar-refractivity contribution < 1.29 is 18.0 Å². The van der Waals surface area contributed by atoms with Crippen molar-refractivity contribution in [1.82, 2.24) is 4.90 Å². The highest BCUT2D eigenvalue weighted by atomic mass is 32.1. The summed E-state index contributed by atoms with van der Waals surface area (Å²) in [4.78, 5) is 15.5. The van der Waals surface area contributed by atoms with Crippen LogP contribution in [0, 0.1) is 0 Å². The van der Waals surface area contributed by atoms with Crippen LogP contribution in [0.4, 0.5) is 18.9 Å². The molecular formula is C17H17F3N2OS. The zero-order valence-electron chi connectivity index (χ0n) is 13.1. The lowest BCUT2D eigenvalue weighted by atomic mass is 10.0. The van der Waals surface area contributed by atoms with Crippen LogP contribution < -0.4 is 5.32 Å². The smallest absolute Gasteiger partial charge is 0.324 e. The van der Waals surface area contributed by atoms with Gasteiger partial charge in [-0.1, -0.05) is 12.1 Å². The highest BCUT2D eigenvalue weighted by Gasteiger charge is 2.34. The minimum Gasteiger partial charge on any atom is -0.324 e. The number of fused-ring (bicyclic) bond motifs is 1. The van der Waals surface area contributed by atoms with Crippen LogP contribution in [0.15, 0.2) is 35.7 Å². The topological polar surface area (TPSA) is 32.3 Å². The van der Waals surface area contributed by atoms with Crippen LogP contribution in [0.25, 0.3) is 0 Å². The van der Waals surface area contributed by atoms with Gasteiger partial charge in [0.25, 0.3) is 0 Å². The zero-order chi connectivity index (χ0) is 17.3. The molecule has 24 heavy (non-hydrogen) atoms. The molecule has 0 fully saturated rings. The highest BCUT2D eigenvalue weighted by Crippen LogP contribution is 2.35. The molecule has 1 aliphatic heterocycles. The largest absolute Gasteiger partial charge is 0.418 e. The van der Waals surface area contributed by atoms with Gasteiger partial charge in [-0.05, 0) is 42.5 Å². The van der Waals surface area contributed by atoms with Crippen LogP contribution in [0.5, 0.6) is 0 Å². The molecule has 7 heteroatoms. The number of para-hydroxylation sites is 1. The second-order valence-corrected chi connectivity index (χ2v) is 6.79. The number of nitrogens with zero attached hydrogens (tertiary/aromatic N) is 1. The van der Waals surface area contributed by atoms with Gasteiger partial charge in [0, 0.05) is 17.5 Å². The van der Waals surface area contributed by atoms with Gasteiger partial charge in [0.1, 0.15) is 0 Å². The lowest BCUT2D eigenvalue weighted by molar-refractivity contribution is -0.137. The third-order valence-corrected chi connectivity index (χ3v) is 5.25. The standard InChI is InChI=1S/C17H17F3N2OS/c1-11-12-7-9-24-15(12)6-8-22(11)10-16(23)21-14-5-3-2-4-13(14)17(18,19)20/h2-5,7,9,11H,6,8,10H2,1H3,(H,21,23)/t11-/m0/s1. The van der Waals surface area contributed by atoms with Gasteiger partial charge in [0.05, 0.1) is 17.8 Å². The summed E-state index contributed by atoms with van der Waals surface area (Å²) in [6.07, 6.45) is -3.63. The van der Waals surface area contributed by atoms with Gasteiger partial charge < -0.3 is 5.32 Å². The number of nitrogens with one attached hydrogen (secondary N) is 1. The molecular weight excluding hydrogens is 337 g/mol. The maximum absolute atomic E-state index is 13.0. The van der Waals surface area contributed by atoms with E-state index in [9.17, 15) is 18.0 Å². The molecule has 3 rings (SSSR count). The quantitative estimate of drug-likeness (QED) is 0.890. The van der Waals surface area contributed by atoms with Gasteiger partial charge in [-0.25, -0.2) is 0 Å². The van der Waals surface area contributed by atoms with Crippen LogP contribution >= 0.6 is 11.3 Å². The first-order valence-electron chi connectivity index (χ1n) is 7.62. The van der Waals surface area contributed by atoms with Gasteiger partial charge in [0.15, 0.2) is 0 Å². The monoisotopic (exact) mass is 354 g/mol. The summed E-state index contributed by atoms with van der Waals surface area (Å²) < 4.78 is 39.0. The second-order valence-electron chi connectivity index (χ2n) is 5.79. The Morgan fingerprint density at radius 3 is 2.83 bits per heavy atom. The molecule has 2 heterocycles. The second kappa shape index (κ2) is 6.57. The van der Waals surface area contributed by atoms with Crippen molar-refractivity contribution in [2.75, 3.05) is 18.4 Å². The normalized spacial score (nSPS) is 18.2. The van der Waals surface area contributed by atoms with E-state index in [-0.39, 0.29) is 18.3 Å². The first-order chi connectivity index (χ1) is 11.4. The minimum atomic E-state index is -4.49. The molecule has 0 saturated heterocycles. The summed E-state index contributed by atoms with van der Waals surface area (Å²) in [6, 6.07) is 7.17. The molecule has 1 aromatic heterocycles. The van der Waals surface area contributed by atoms with Gasteiger partial charge in [0.2, 0.25) is 5.91 Å². The molecule has 1 atom stereocenters. The number of thiophene rings is 1. The third kappa shape index (κ3) is 3.47. The number of rotatable bonds is 3. The van der Waals surface area contributed by atoms with E-state index in [4.69, 9.17) is 0 Å². The van der Waals surface area contributed by atoms with Crippen molar-refractivity contribution in [2.45, 2.75) is 25.6 Å². The Bertz CT molecular complexity index is 741.